The number of benzene rings is 3. The van der Waals surface area contributed by atoms with Crippen LogP contribution in [0.4, 0.5) is 11.4 Å². The summed E-state index contributed by atoms with van der Waals surface area (Å²) in [6.45, 7) is 10.4. The molecular weight excluding hydrogens is 793 g/mol. The van der Waals surface area contributed by atoms with Crippen molar-refractivity contribution in [3.63, 3.8) is 0 Å². The lowest BCUT2D eigenvalue weighted by atomic mass is 9.82. The lowest BCUT2D eigenvalue weighted by Crippen LogP contribution is -2.44. The maximum absolute atomic E-state index is 13.5. The van der Waals surface area contributed by atoms with Crippen LogP contribution < -0.4 is 20.9 Å². The predicted octanol–water partition coefficient (Wildman–Crippen LogP) is 10.2. The molecule has 3 aromatic rings. The molecule has 0 aliphatic heterocycles. The number of unbranched alkanes of at least 4 members (excludes halogenated alkanes) is 4. The summed E-state index contributed by atoms with van der Waals surface area (Å²) < 4.78 is 24.3. The highest BCUT2D eigenvalue weighted by Gasteiger charge is 2.43. The van der Waals surface area contributed by atoms with Crippen LogP contribution in [0.5, 0.6) is 11.5 Å². The Morgan fingerprint density at radius 2 is 1.14 bits per heavy atom. The highest BCUT2D eigenvalue weighted by Crippen LogP contribution is 2.36. The Hall–Kier alpha value is -5.00. The first kappa shape index (κ1) is 49.0. The number of ketones is 2. The van der Waals surface area contributed by atoms with E-state index in [1.807, 2.05) is 48.6 Å². The van der Waals surface area contributed by atoms with Crippen molar-refractivity contribution in [3.05, 3.63) is 121 Å². The SMILES string of the molecule is C=CCCCCOC1CCC(COc2ccc(/C=C/C(=O)CC(c3ccc(N)cc3N)C(O)(O)C(=O)/C=C/c3ccc(OCC4CCC(OCCCCC=C)CC4)cc3)cc2)CC1. The van der Waals surface area contributed by atoms with Crippen LogP contribution in [0.15, 0.2) is 104 Å². The van der Waals surface area contributed by atoms with Crippen molar-refractivity contribution in [3.8, 4) is 11.5 Å². The molecule has 340 valence electrons. The molecular formula is C53H70N2O8. The Balaban J connectivity index is 1.10. The highest BCUT2D eigenvalue weighted by atomic mass is 16.5. The highest BCUT2D eigenvalue weighted by molar-refractivity contribution is 6.01. The largest absolute Gasteiger partial charge is 0.493 e. The van der Waals surface area contributed by atoms with Gasteiger partial charge in [0, 0.05) is 31.0 Å². The second-order valence-electron chi connectivity index (χ2n) is 17.2. The topological polar surface area (TPSA) is 164 Å². The van der Waals surface area contributed by atoms with Gasteiger partial charge in [-0.1, -0.05) is 54.6 Å². The van der Waals surface area contributed by atoms with Gasteiger partial charge in [0.1, 0.15) is 11.5 Å². The fourth-order valence-corrected chi connectivity index (χ4v) is 8.29. The van der Waals surface area contributed by atoms with E-state index in [1.165, 1.54) is 24.3 Å². The molecule has 0 amide bonds. The lowest BCUT2D eigenvalue weighted by molar-refractivity contribution is -0.187. The minimum atomic E-state index is -2.96. The van der Waals surface area contributed by atoms with E-state index in [2.05, 4.69) is 13.2 Å². The van der Waals surface area contributed by atoms with Crippen molar-refractivity contribution in [2.45, 2.75) is 120 Å². The van der Waals surface area contributed by atoms with Crippen LogP contribution in [-0.4, -0.2) is 66.2 Å². The molecule has 0 aromatic heterocycles. The van der Waals surface area contributed by atoms with Gasteiger partial charge in [-0.15, -0.1) is 13.2 Å². The number of ether oxygens (including phenoxy) is 4. The summed E-state index contributed by atoms with van der Waals surface area (Å²) in [6.07, 6.45) is 24.7. The standard InChI is InChI=1S/C53H70N2O8/c1-3-5-7-9-33-60-45-27-16-41(17-28-45)37-62-47-23-12-39(13-24-47)11-22-44(56)36-50(49-31-21-43(54)35-51(49)55)53(58,59)52(57)32-20-40-14-25-48(26-15-40)63-38-42-18-29-46(30-19-42)61-34-10-8-6-4-2/h3-4,11-15,20-26,31-32,35,41-42,45-46,50,58-59H,1-2,5-10,16-19,27-30,33-34,36-38,54-55H2/b22-11+,32-20+. The minimum absolute atomic E-state index is 0.139. The van der Waals surface area contributed by atoms with Crippen LogP contribution in [-0.2, 0) is 19.1 Å². The molecule has 1 atom stereocenters. The first-order valence-corrected chi connectivity index (χ1v) is 23.0. The van der Waals surface area contributed by atoms with E-state index in [-0.39, 0.29) is 11.3 Å². The van der Waals surface area contributed by atoms with Gasteiger partial charge in [-0.3, -0.25) is 9.59 Å². The molecule has 2 saturated carbocycles. The summed E-state index contributed by atoms with van der Waals surface area (Å²) in [5.74, 6) is -3.34. The van der Waals surface area contributed by atoms with Gasteiger partial charge in [-0.05, 0) is 167 Å². The summed E-state index contributed by atoms with van der Waals surface area (Å²) in [5, 5.41) is 22.8. The van der Waals surface area contributed by atoms with E-state index in [9.17, 15) is 19.8 Å². The molecule has 5 rings (SSSR count). The van der Waals surface area contributed by atoms with Crippen LogP contribution >= 0.6 is 0 Å². The number of hydrogen-bond donors (Lipinski definition) is 4. The molecule has 0 spiro atoms. The fraction of sp³-hybridized carbons (Fsp3) is 0.472. The summed E-state index contributed by atoms with van der Waals surface area (Å²) >= 11 is 0. The maximum atomic E-state index is 13.5. The fourth-order valence-electron chi connectivity index (χ4n) is 8.29. The van der Waals surface area contributed by atoms with Crippen molar-refractivity contribution < 1.29 is 38.7 Å². The normalized spacial score (nSPS) is 19.8. The Morgan fingerprint density at radius 1 is 0.667 bits per heavy atom. The molecule has 3 aromatic carbocycles. The molecule has 0 heterocycles. The molecule has 10 nitrogen and oxygen atoms in total. The zero-order valence-corrected chi connectivity index (χ0v) is 37.0. The quantitative estimate of drug-likeness (QED) is 0.0191. The molecule has 0 radical (unpaired) electrons. The number of carbonyl (C=O) groups is 2. The van der Waals surface area contributed by atoms with E-state index < -0.39 is 29.7 Å². The van der Waals surface area contributed by atoms with Crippen molar-refractivity contribution in [1.29, 1.82) is 0 Å². The number of nitrogens with two attached hydrogens (primary N) is 2. The summed E-state index contributed by atoms with van der Waals surface area (Å²) in [7, 11) is 0. The van der Waals surface area contributed by atoms with Gasteiger partial charge >= 0.3 is 0 Å². The van der Waals surface area contributed by atoms with E-state index in [4.69, 9.17) is 30.4 Å². The Morgan fingerprint density at radius 3 is 1.60 bits per heavy atom. The van der Waals surface area contributed by atoms with Gasteiger partial charge < -0.3 is 40.6 Å². The van der Waals surface area contributed by atoms with Crippen LogP contribution in [0.2, 0.25) is 0 Å². The summed E-state index contributed by atoms with van der Waals surface area (Å²) in [4.78, 5) is 26.9. The predicted molar refractivity (Wildman–Crippen MR) is 253 cm³/mol. The number of aliphatic hydroxyl groups is 2. The zero-order chi connectivity index (χ0) is 44.9. The Kier molecular flexibility index (Phi) is 20.2. The van der Waals surface area contributed by atoms with Crippen molar-refractivity contribution in [1.82, 2.24) is 0 Å². The third-order valence-corrected chi connectivity index (χ3v) is 12.3. The summed E-state index contributed by atoms with van der Waals surface area (Å²) in [5.41, 5.74) is 14.3. The zero-order valence-electron chi connectivity index (χ0n) is 37.0. The first-order chi connectivity index (χ1) is 30.5. The molecule has 0 saturated heterocycles. The minimum Gasteiger partial charge on any atom is -0.493 e. The van der Waals surface area contributed by atoms with Gasteiger partial charge in [0.25, 0.3) is 0 Å². The smallest absolute Gasteiger partial charge is 0.235 e. The average Bonchev–Trinajstić information content (AvgIpc) is 3.29. The Bertz CT molecular complexity index is 1920. The number of anilines is 2. The number of hydrogen-bond acceptors (Lipinski definition) is 10. The lowest BCUT2D eigenvalue weighted by Gasteiger charge is -2.30. The molecule has 6 N–H and O–H groups in total. The Labute approximate surface area is 375 Å². The first-order valence-electron chi connectivity index (χ1n) is 23.0. The van der Waals surface area contributed by atoms with Gasteiger partial charge in [-0.25, -0.2) is 0 Å². The third-order valence-electron chi connectivity index (χ3n) is 12.3. The maximum Gasteiger partial charge on any atom is 0.235 e. The van der Waals surface area contributed by atoms with E-state index in [0.29, 0.717) is 54.3 Å². The number of allylic oxidation sites excluding steroid dienone is 3. The molecule has 63 heavy (non-hydrogen) atoms. The molecule has 10 heteroatoms. The molecule has 1 unspecified atom stereocenters. The number of rotatable bonds is 27. The van der Waals surface area contributed by atoms with Crippen molar-refractivity contribution in [2.75, 3.05) is 37.9 Å². The van der Waals surface area contributed by atoms with E-state index in [0.717, 1.165) is 120 Å². The molecule has 2 aliphatic carbocycles. The van der Waals surface area contributed by atoms with E-state index in [1.54, 1.807) is 24.3 Å². The van der Waals surface area contributed by atoms with Crippen LogP contribution in [0.1, 0.15) is 119 Å². The van der Waals surface area contributed by atoms with Gasteiger partial charge in [0.05, 0.1) is 31.3 Å². The van der Waals surface area contributed by atoms with Crippen LogP contribution in [0, 0.1) is 11.8 Å². The van der Waals surface area contributed by atoms with Gasteiger partial charge in [-0.2, -0.15) is 0 Å². The molecule has 2 fully saturated rings. The van der Waals surface area contributed by atoms with Gasteiger partial charge in [0.2, 0.25) is 11.6 Å². The molecule has 2 aliphatic rings. The van der Waals surface area contributed by atoms with Crippen LogP contribution in [0.3, 0.4) is 0 Å². The monoisotopic (exact) mass is 863 g/mol. The summed E-state index contributed by atoms with van der Waals surface area (Å²) in [6, 6.07) is 19.2. The third kappa shape index (κ3) is 16.6. The molecule has 0 bridgehead atoms. The van der Waals surface area contributed by atoms with Crippen molar-refractivity contribution in [2.24, 2.45) is 11.8 Å². The van der Waals surface area contributed by atoms with Crippen LogP contribution in [0.25, 0.3) is 12.2 Å². The number of carbonyl (C=O) groups excluding carboxylic acids is 2. The second-order valence-corrected chi connectivity index (χ2v) is 17.2. The van der Waals surface area contributed by atoms with Crippen molar-refractivity contribution >= 4 is 35.1 Å². The van der Waals surface area contributed by atoms with E-state index >= 15 is 0 Å². The second kappa shape index (κ2) is 25.9. The van der Waals surface area contributed by atoms with Gasteiger partial charge in [0.15, 0.2) is 5.78 Å². The number of nitrogen functional groups attached to an aromatic ring is 2. The average molecular weight is 863 g/mol.